The van der Waals surface area contributed by atoms with Gasteiger partial charge in [0.05, 0.1) is 34.6 Å². The van der Waals surface area contributed by atoms with E-state index in [0.717, 1.165) is 27.4 Å². The number of hydrogen-bond acceptors (Lipinski definition) is 12. The van der Waals surface area contributed by atoms with E-state index in [-0.39, 0.29) is 65.1 Å². The van der Waals surface area contributed by atoms with Crippen molar-refractivity contribution in [3.63, 3.8) is 0 Å². The molecule has 7 N–H and O–H groups in total. The minimum atomic E-state index is -1.92. The van der Waals surface area contributed by atoms with Crippen LogP contribution in [-0.2, 0) is 41.2 Å². The lowest BCUT2D eigenvalue weighted by molar-refractivity contribution is -0.172. The molecule has 0 spiro atoms. The number of aliphatic hydroxyl groups is 2. The number of carbonyl (C=O) groups excluding carboxylic acids is 2. The number of phenols is 2. The SMILES string of the molecule is CCc1c2c(nc3ccc(OC(=O)N(C)CCn4ccc5cc(N(C(=N)c6cc(C(C)C)c(O)cc6O)C(N)O)ccc54)cc13)-c1cc3c(c(=O)n1C2)COC(=O)C3(O)CC. The number of ether oxygens (including phenoxy) is 2. The fourth-order valence-electron chi connectivity index (χ4n) is 8.46. The molecule has 6 aromatic rings. The van der Waals surface area contributed by atoms with Gasteiger partial charge in [0.25, 0.3) is 5.56 Å². The number of pyridine rings is 2. The normalized spacial score (nSPS) is 16.0. The van der Waals surface area contributed by atoms with Crippen molar-refractivity contribution < 1.29 is 39.5 Å². The molecule has 0 bridgehead atoms. The van der Waals surface area contributed by atoms with Gasteiger partial charge in [-0.1, -0.05) is 27.7 Å². The van der Waals surface area contributed by atoms with Gasteiger partial charge in [-0.2, -0.15) is 0 Å². The Balaban J connectivity index is 0.982. The Morgan fingerprint density at radius 2 is 1.82 bits per heavy atom. The summed E-state index contributed by atoms with van der Waals surface area (Å²) in [5, 5.41) is 53.2. The number of carbonyl (C=O) groups is 2. The van der Waals surface area contributed by atoms with E-state index < -0.39 is 24.0 Å². The van der Waals surface area contributed by atoms with Gasteiger partial charge >= 0.3 is 12.1 Å². The fraction of sp³-hybridized carbons (Fsp3) is 0.311. The summed E-state index contributed by atoms with van der Waals surface area (Å²) >= 11 is 0. The quantitative estimate of drug-likeness (QED) is 0.0445. The number of esters is 1. The largest absolute Gasteiger partial charge is 0.508 e. The average Bonchev–Trinajstić information content (AvgIpc) is 3.81. The van der Waals surface area contributed by atoms with Gasteiger partial charge in [-0.05, 0) is 84.5 Å². The van der Waals surface area contributed by atoms with Gasteiger partial charge in [-0.25, -0.2) is 14.6 Å². The Morgan fingerprint density at radius 3 is 2.52 bits per heavy atom. The number of fused-ring (bicyclic) bond motifs is 6. The third-order valence-electron chi connectivity index (χ3n) is 11.9. The molecule has 8 rings (SSSR count). The molecule has 61 heavy (non-hydrogen) atoms. The molecule has 316 valence electrons. The molecular formula is C45H47N7O9. The van der Waals surface area contributed by atoms with Crippen LogP contribution in [0.4, 0.5) is 10.5 Å². The van der Waals surface area contributed by atoms with Gasteiger partial charge in [0, 0.05) is 65.5 Å². The molecule has 2 aliphatic heterocycles. The van der Waals surface area contributed by atoms with Crippen molar-refractivity contribution in [2.24, 2.45) is 5.73 Å². The Labute approximate surface area is 350 Å². The number of anilines is 1. The van der Waals surface area contributed by atoms with Crippen LogP contribution in [0.3, 0.4) is 0 Å². The maximum Gasteiger partial charge on any atom is 0.415 e. The Hall–Kier alpha value is -6.75. The summed E-state index contributed by atoms with van der Waals surface area (Å²) in [6.07, 6.45) is 0.329. The standard InChI is InChI=1S/C45H47N7O9/c1-6-27-29-17-26(9-10-34(29)48-39-31(27)21-51-36(39)19-33-32(41(51)55)22-60-42(56)45(33,59)7-2)61-44(58)49(5)14-15-50-13-12-24-16-25(8-11-35(24)50)52(43(47)57)40(46)30-18-28(23(3)4)37(53)20-38(30)54/h8-13,16-20,23,43,46,53-54,57,59H,6-7,14-15,21-22,47H2,1-5H3. The van der Waals surface area contributed by atoms with Crippen molar-refractivity contribution in [1.29, 1.82) is 5.41 Å². The zero-order valence-corrected chi connectivity index (χ0v) is 34.4. The van der Waals surface area contributed by atoms with Gasteiger partial charge in [0.1, 0.15) is 29.7 Å². The van der Waals surface area contributed by atoms with Crippen LogP contribution in [0.5, 0.6) is 17.2 Å². The van der Waals surface area contributed by atoms with Crippen molar-refractivity contribution >= 4 is 45.4 Å². The van der Waals surface area contributed by atoms with E-state index in [1.54, 1.807) is 54.9 Å². The number of hydrogen-bond donors (Lipinski definition) is 6. The summed E-state index contributed by atoms with van der Waals surface area (Å²) < 4.78 is 14.6. The van der Waals surface area contributed by atoms with Crippen LogP contribution in [0.25, 0.3) is 33.2 Å². The number of aliphatic hydroxyl groups excluding tert-OH is 1. The van der Waals surface area contributed by atoms with Crippen LogP contribution in [-0.4, -0.2) is 77.3 Å². The number of rotatable bonds is 10. The van der Waals surface area contributed by atoms with E-state index >= 15 is 0 Å². The van der Waals surface area contributed by atoms with E-state index in [9.17, 15) is 34.8 Å². The molecule has 16 heteroatoms. The summed E-state index contributed by atoms with van der Waals surface area (Å²) in [7, 11) is 1.64. The first-order valence-electron chi connectivity index (χ1n) is 20.1. The molecule has 0 saturated carbocycles. The van der Waals surface area contributed by atoms with Crippen molar-refractivity contribution in [2.45, 2.75) is 78.1 Å². The van der Waals surface area contributed by atoms with Crippen LogP contribution in [0, 0.1) is 5.41 Å². The van der Waals surface area contributed by atoms with E-state index in [2.05, 4.69) is 0 Å². The molecule has 0 aliphatic carbocycles. The molecule has 0 fully saturated rings. The first kappa shape index (κ1) is 41.0. The van der Waals surface area contributed by atoms with Crippen LogP contribution >= 0.6 is 0 Å². The van der Waals surface area contributed by atoms with Crippen molar-refractivity contribution in [1.82, 2.24) is 19.0 Å². The average molecular weight is 830 g/mol. The molecule has 1 amide bonds. The lowest BCUT2D eigenvalue weighted by atomic mass is 9.86. The number of aryl methyl sites for hydroxylation is 1. The van der Waals surface area contributed by atoms with E-state index in [4.69, 9.17) is 25.6 Å². The number of nitrogens with one attached hydrogen (secondary N) is 1. The minimum Gasteiger partial charge on any atom is -0.508 e. The molecule has 0 radical (unpaired) electrons. The van der Waals surface area contributed by atoms with Gasteiger partial charge in [-0.15, -0.1) is 0 Å². The van der Waals surface area contributed by atoms with Crippen LogP contribution < -0.4 is 20.9 Å². The Morgan fingerprint density at radius 1 is 1.05 bits per heavy atom. The van der Waals surface area contributed by atoms with Crippen LogP contribution in [0.1, 0.15) is 73.4 Å². The highest BCUT2D eigenvalue weighted by Gasteiger charge is 2.45. The smallest absolute Gasteiger partial charge is 0.415 e. The fourth-order valence-corrected chi connectivity index (χ4v) is 8.46. The van der Waals surface area contributed by atoms with Crippen LogP contribution in [0.2, 0.25) is 0 Å². The number of nitrogens with zero attached hydrogens (tertiary/aromatic N) is 5. The van der Waals surface area contributed by atoms with Gasteiger partial charge in [0.15, 0.2) is 12.0 Å². The number of nitrogens with two attached hydrogens (primary N) is 1. The van der Waals surface area contributed by atoms with Gasteiger partial charge in [0.2, 0.25) is 0 Å². The summed E-state index contributed by atoms with van der Waals surface area (Å²) in [5.41, 5.74) is 9.58. The number of amidine groups is 1. The van der Waals surface area contributed by atoms with E-state index in [1.807, 2.05) is 43.7 Å². The lowest BCUT2D eigenvalue weighted by Gasteiger charge is -2.31. The van der Waals surface area contributed by atoms with E-state index in [1.165, 1.54) is 21.9 Å². The second kappa shape index (κ2) is 15.4. The highest BCUT2D eigenvalue weighted by atomic mass is 16.6. The number of aromatic nitrogens is 3. The van der Waals surface area contributed by atoms with Gasteiger partial charge < -0.3 is 43.9 Å². The number of cyclic esters (lactones) is 1. The number of aromatic hydroxyl groups is 2. The Kier molecular flexibility index (Phi) is 10.3. The Bertz CT molecular complexity index is 2860. The van der Waals surface area contributed by atoms with Crippen molar-refractivity contribution in [3.05, 3.63) is 111 Å². The van der Waals surface area contributed by atoms with Crippen molar-refractivity contribution in [3.8, 4) is 28.6 Å². The number of likely N-dealkylation sites (N-methyl/N-ethyl adjacent to an activating group) is 1. The molecular weight excluding hydrogens is 783 g/mol. The monoisotopic (exact) mass is 829 g/mol. The maximum atomic E-state index is 13.7. The highest BCUT2D eigenvalue weighted by molar-refractivity contribution is 6.10. The number of amides is 1. The summed E-state index contributed by atoms with van der Waals surface area (Å²) in [4.78, 5) is 47.3. The zero-order valence-electron chi connectivity index (χ0n) is 34.4. The zero-order chi connectivity index (χ0) is 43.7. The molecule has 0 saturated heterocycles. The van der Waals surface area contributed by atoms with Crippen molar-refractivity contribution in [2.75, 3.05) is 18.5 Å². The second-order valence-corrected chi connectivity index (χ2v) is 15.8. The molecule has 3 aromatic heterocycles. The third kappa shape index (κ3) is 6.82. The molecule has 2 aliphatic rings. The summed E-state index contributed by atoms with van der Waals surface area (Å²) in [6, 6.07) is 16.7. The third-order valence-corrected chi connectivity index (χ3v) is 11.9. The maximum absolute atomic E-state index is 13.7. The molecule has 5 heterocycles. The lowest BCUT2D eigenvalue weighted by Crippen LogP contribution is -2.46. The highest BCUT2D eigenvalue weighted by Crippen LogP contribution is 2.41. The first-order valence-corrected chi connectivity index (χ1v) is 20.1. The predicted octanol–water partition coefficient (Wildman–Crippen LogP) is 5.33. The first-order chi connectivity index (χ1) is 29.1. The molecule has 2 unspecified atom stereocenters. The summed E-state index contributed by atoms with van der Waals surface area (Å²) in [6.45, 7) is 8.17. The second-order valence-electron chi connectivity index (χ2n) is 15.8. The minimum absolute atomic E-state index is 0.0487. The van der Waals surface area contributed by atoms with E-state index in [0.29, 0.717) is 53.4 Å². The van der Waals surface area contributed by atoms with Crippen LogP contribution in [0.15, 0.2) is 71.7 Å². The predicted molar refractivity (Wildman–Crippen MR) is 228 cm³/mol. The number of phenolic OH excluding ortho intramolecular Hbond substituents is 2. The van der Waals surface area contributed by atoms with Gasteiger partial charge in [-0.3, -0.25) is 20.8 Å². The molecule has 2 atom stereocenters. The molecule has 3 aromatic carbocycles. The number of benzene rings is 3. The molecule has 16 nitrogen and oxygen atoms in total. The summed E-state index contributed by atoms with van der Waals surface area (Å²) in [5.74, 6) is -1.22. The topological polar surface area (TPSA) is 230 Å².